The number of carboxylic acids is 1. The second-order valence-corrected chi connectivity index (χ2v) is 4.47. The minimum absolute atomic E-state index is 0.0220. The molecule has 102 valence electrons. The SMILES string of the molecule is O=C(O)CCCN1CC(c2ccccc2F)NC1=O. The number of nitrogens with zero attached hydrogens (tertiary/aromatic N) is 1. The number of carboxylic acid groups (broad SMARTS) is 1. The van der Waals surface area contributed by atoms with Crippen molar-refractivity contribution in [2.24, 2.45) is 0 Å². The zero-order valence-electron chi connectivity index (χ0n) is 10.3. The predicted molar refractivity (Wildman–Crippen MR) is 66.1 cm³/mol. The lowest BCUT2D eigenvalue weighted by Crippen LogP contribution is -2.29. The first-order valence-electron chi connectivity index (χ1n) is 6.09. The lowest BCUT2D eigenvalue weighted by molar-refractivity contribution is -0.137. The molecule has 1 atom stereocenters. The number of urea groups is 1. The Balaban J connectivity index is 1.96. The number of carbonyl (C=O) groups excluding carboxylic acids is 1. The van der Waals surface area contributed by atoms with Gasteiger partial charge in [0.1, 0.15) is 5.82 Å². The molecule has 2 rings (SSSR count). The highest BCUT2D eigenvalue weighted by Gasteiger charge is 2.30. The highest BCUT2D eigenvalue weighted by Crippen LogP contribution is 2.22. The van der Waals surface area contributed by atoms with Crippen LogP contribution < -0.4 is 5.32 Å². The predicted octanol–water partition coefficient (Wildman–Crippen LogP) is 1.76. The van der Waals surface area contributed by atoms with Crippen molar-refractivity contribution in [3.05, 3.63) is 35.6 Å². The van der Waals surface area contributed by atoms with Gasteiger partial charge in [0.15, 0.2) is 0 Å². The molecule has 6 heteroatoms. The fourth-order valence-corrected chi connectivity index (χ4v) is 2.14. The van der Waals surface area contributed by atoms with E-state index in [0.29, 0.717) is 25.1 Å². The normalized spacial score (nSPS) is 18.5. The molecule has 1 aliphatic rings. The van der Waals surface area contributed by atoms with Gasteiger partial charge in [0, 0.05) is 25.1 Å². The van der Waals surface area contributed by atoms with Crippen LogP contribution in [-0.4, -0.2) is 35.1 Å². The Morgan fingerprint density at radius 1 is 1.47 bits per heavy atom. The van der Waals surface area contributed by atoms with Crippen LogP contribution >= 0.6 is 0 Å². The summed E-state index contributed by atoms with van der Waals surface area (Å²) in [7, 11) is 0. The Hall–Kier alpha value is -2.11. The van der Waals surface area contributed by atoms with Crippen LogP contribution in [0.2, 0.25) is 0 Å². The van der Waals surface area contributed by atoms with Crippen LogP contribution in [0.25, 0.3) is 0 Å². The number of rotatable bonds is 5. The second kappa shape index (κ2) is 5.69. The Kier molecular flexibility index (Phi) is 3.99. The van der Waals surface area contributed by atoms with Gasteiger partial charge in [0.05, 0.1) is 6.04 Å². The zero-order chi connectivity index (χ0) is 13.8. The quantitative estimate of drug-likeness (QED) is 0.853. The summed E-state index contributed by atoms with van der Waals surface area (Å²) >= 11 is 0. The van der Waals surface area contributed by atoms with Gasteiger partial charge in [-0.05, 0) is 12.5 Å². The van der Waals surface area contributed by atoms with Crippen LogP contribution in [0, 0.1) is 5.82 Å². The van der Waals surface area contributed by atoms with Crippen LogP contribution in [0.4, 0.5) is 9.18 Å². The Labute approximate surface area is 110 Å². The van der Waals surface area contributed by atoms with Gasteiger partial charge in [0.2, 0.25) is 0 Å². The van der Waals surface area contributed by atoms with Gasteiger partial charge in [-0.3, -0.25) is 4.79 Å². The molecule has 0 radical (unpaired) electrons. The van der Waals surface area contributed by atoms with Crippen LogP contribution in [0.15, 0.2) is 24.3 Å². The third kappa shape index (κ3) is 3.21. The van der Waals surface area contributed by atoms with Gasteiger partial charge in [-0.15, -0.1) is 0 Å². The Morgan fingerprint density at radius 3 is 2.89 bits per heavy atom. The van der Waals surface area contributed by atoms with Crippen LogP contribution in [0.1, 0.15) is 24.4 Å². The minimum atomic E-state index is -0.884. The van der Waals surface area contributed by atoms with Gasteiger partial charge in [-0.25, -0.2) is 9.18 Å². The van der Waals surface area contributed by atoms with E-state index in [1.165, 1.54) is 11.0 Å². The molecule has 0 aliphatic carbocycles. The molecular formula is C13H15FN2O3. The van der Waals surface area contributed by atoms with E-state index in [9.17, 15) is 14.0 Å². The van der Waals surface area contributed by atoms with E-state index < -0.39 is 5.97 Å². The van der Waals surface area contributed by atoms with Crippen LogP contribution in [-0.2, 0) is 4.79 Å². The van der Waals surface area contributed by atoms with Gasteiger partial charge >= 0.3 is 12.0 Å². The summed E-state index contributed by atoms with van der Waals surface area (Å²) in [5.74, 6) is -1.23. The summed E-state index contributed by atoms with van der Waals surface area (Å²) in [6.07, 6.45) is 0.418. The molecule has 19 heavy (non-hydrogen) atoms. The number of hydrogen-bond donors (Lipinski definition) is 2. The van der Waals surface area contributed by atoms with E-state index in [0.717, 1.165) is 0 Å². The standard InChI is InChI=1S/C13H15FN2O3/c14-10-5-2-1-4-9(10)11-8-16(13(19)15-11)7-3-6-12(17)18/h1-2,4-5,11H,3,6-8H2,(H,15,19)(H,17,18). The molecule has 2 amide bonds. The van der Waals surface area contributed by atoms with Crippen LogP contribution in [0.5, 0.6) is 0 Å². The summed E-state index contributed by atoms with van der Waals surface area (Å²) in [6, 6.07) is 5.66. The van der Waals surface area contributed by atoms with Crippen LogP contribution in [0.3, 0.4) is 0 Å². The maximum Gasteiger partial charge on any atom is 0.318 e. The first-order valence-corrected chi connectivity index (χ1v) is 6.09. The fraction of sp³-hybridized carbons (Fsp3) is 0.385. The van der Waals surface area contributed by atoms with Crippen molar-refractivity contribution in [3.8, 4) is 0 Å². The van der Waals surface area contributed by atoms with Crippen molar-refractivity contribution in [1.82, 2.24) is 10.2 Å². The summed E-state index contributed by atoms with van der Waals surface area (Å²) < 4.78 is 13.6. The van der Waals surface area contributed by atoms with E-state index >= 15 is 0 Å². The molecule has 1 fully saturated rings. The van der Waals surface area contributed by atoms with E-state index in [-0.39, 0.29) is 24.3 Å². The maximum atomic E-state index is 13.6. The summed E-state index contributed by atoms with van der Waals surface area (Å²) in [6.45, 7) is 0.725. The number of aliphatic carboxylic acids is 1. The first-order chi connectivity index (χ1) is 9.08. The molecule has 1 aromatic rings. The van der Waals surface area contributed by atoms with Crippen molar-refractivity contribution in [2.75, 3.05) is 13.1 Å². The molecular weight excluding hydrogens is 251 g/mol. The van der Waals surface area contributed by atoms with Gasteiger partial charge in [-0.2, -0.15) is 0 Å². The molecule has 2 N–H and O–H groups in total. The summed E-state index contributed by atoms with van der Waals surface area (Å²) in [4.78, 5) is 23.6. The third-order valence-corrected chi connectivity index (χ3v) is 3.09. The van der Waals surface area contributed by atoms with Crippen molar-refractivity contribution in [3.63, 3.8) is 0 Å². The zero-order valence-corrected chi connectivity index (χ0v) is 10.3. The Bertz CT molecular complexity index is 493. The molecule has 1 unspecified atom stereocenters. The number of benzene rings is 1. The highest BCUT2D eigenvalue weighted by atomic mass is 19.1. The summed E-state index contributed by atoms with van der Waals surface area (Å²) in [5.41, 5.74) is 0.455. The molecule has 1 saturated heterocycles. The molecule has 0 spiro atoms. The number of nitrogens with one attached hydrogen (secondary N) is 1. The maximum absolute atomic E-state index is 13.6. The van der Waals surface area contributed by atoms with Crippen molar-refractivity contribution in [2.45, 2.75) is 18.9 Å². The first kappa shape index (κ1) is 13.3. The molecule has 0 saturated carbocycles. The van der Waals surface area contributed by atoms with E-state index in [2.05, 4.69) is 5.32 Å². The topological polar surface area (TPSA) is 69.6 Å². The van der Waals surface area contributed by atoms with Gasteiger partial charge < -0.3 is 15.3 Å². The average Bonchev–Trinajstić information content (AvgIpc) is 2.71. The van der Waals surface area contributed by atoms with Gasteiger partial charge in [-0.1, -0.05) is 18.2 Å². The number of carbonyl (C=O) groups is 2. The molecule has 1 heterocycles. The highest BCUT2D eigenvalue weighted by molar-refractivity contribution is 5.77. The number of amides is 2. The van der Waals surface area contributed by atoms with Crippen molar-refractivity contribution in [1.29, 1.82) is 0 Å². The largest absolute Gasteiger partial charge is 0.481 e. The number of hydrogen-bond acceptors (Lipinski definition) is 2. The molecule has 0 aromatic heterocycles. The van der Waals surface area contributed by atoms with E-state index in [1.54, 1.807) is 18.2 Å². The smallest absolute Gasteiger partial charge is 0.318 e. The molecule has 1 aliphatic heterocycles. The monoisotopic (exact) mass is 266 g/mol. The fourth-order valence-electron chi connectivity index (χ4n) is 2.14. The lowest BCUT2D eigenvalue weighted by atomic mass is 10.1. The average molecular weight is 266 g/mol. The molecule has 0 bridgehead atoms. The minimum Gasteiger partial charge on any atom is -0.481 e. The molecule has 1 aromatic carbocycles. The second-order valence-electron chi connectivity index (χ2n) is 4.47. The number of halogens is 1. The van der Waals surface area contributed by atoms with Crippen molar-refractivity contribution < 1.29 is 19.1 Å². The molecule has 5 nitrogen and oxygen atoms in total. The Morgan fingerprint density at radius 2 is 2.21 bits per heavy atom. The summed E-state index contributed by atoms with van der Waals surface area (Å²) in [5, 5.41) is 11.2. The van der Waals surface area contributed by atoms with Crippen molar-refractivity contribution >= 4 is 12.0 Å². The van der Waals surface area contributed by atoms with Gasteiger partial charge in [0.25, 0.3) is 0 Å². The third-order valence-electron chi connectivity index (χ3n) is 3.09. The lowest BCUT2D eigenvalue weighted by Gasteiger charge is -2.14. The van der Waals surface area contributed by atoms with E-state index in [4.69, 9.17) is 5.11 Å². The van der Waals surface area contributed by atoms with E-state index in [1.807, 2.05) is 0 Å².